The Hall–Kier alpha value is -3.80. The second kappa shape index (κ2) is 9.94. The van der Waals surface area contributed by atoms with Crippen molar-refractivity contribution in [1.29, 1.82) is 0 Å². The fraction of sp³-hybridized carbons (Fsp3) is 0.130. The van der Waals surface area contributed by atoms with Gasteiger partial charge in [-0.25, -0.2) is 0 Å². The Labute approximate surface area is 169 Å². The molecule has 0 aliphatic carbocycles. The Kier molecular flexibility index (Phi) is 6.84. The first kappa shape index (κ1) is 19.9. The van der Waals surface area contributed by atoms with Crippen LogP contribution in [0.5, 0.6) is 17.2 Å². The molecule has 1 amide bonds. The molecule has 0 radical (unpaired) electrons. The van der Waals surface area contributed by atoms with E-state index in [1.54, 1.807) is 50.8 Å². The summed E-state index contributed by atoms with van der Waals surface area (Å²) in [5.41, 5.74) is 2.30. The van der Waals surface area contributed by atoms with E-state index in [0.717, 1.165) is 11.3 Å². The number of hydrogen-bond donors (Lipinski definition) is 1. The molecule has 3 aromatic rings. The van der Waals surface area contributed by atoms with Crippen molar-refractivity contribution in [2.24, 2.45) is 0 Å². The first-order valence-electron chi connectivity index (χ1n) is 9.02. The Bertz CT molecular complexity index is 987. The number of carbonyl (C=O) groups excluding carboxylic acids is 1. The van der Waals surface area contributed by atoms with E-state index in [0.29, 0.717) is 29.5 Å². The number of ether oxygens (including phenoxy) is 3. The molecule has 148 valence electrons. The van der Waals surface area contributed by atoms with Gasteiger partial charge in [0.05, 0.1) is 19.9 Å². The topological polar surface area (TPSA) is 69.7 Å². The zero-order valence-corrected chi connectivity index (χ0v) is 16.3. The number of nitrogens with zero attached hydrogens (tertiary/aromatic N) is 1. The van der Waals surface area contributed by atoms with Crippen LogP contribution in [0.2, 0.25) is 0 Å². The first-order chi connectivity index (χ1) is 14.2. The van der Waals surface area contributed by atoms with Gasteiger partial charge in [0, 0.05) is 24.0 Å². The minimum absolute atomic E-state index is 0.248. The maximum atomic E-state index is 12.2. The lowest BCUT2D eigenvalue weighted by molar-refractivity contribution is -0.111. The molecule has 0 bridgehead atoms. The number of anilines is 1. The average molecular weight is 390 g/mol. The number of amides is 1. The van der Waals surface area contributed by atoms with Crippen LogP contribution in [0.1, 0.15) is 11.3 Å². The van der Waals surface area contributed by atoms with Crippen LogP contribution in [0.3, 0.4) is 0 Å². The number of carbonyl (C=O) groups is 1. The standard InChI is InChI=1S/C23H22N2O4/c1-27-21-11-9-17(14-22(21)28-2)10-12-23(26)25-18-7-5-8-20(15-18)29-16-19-6-3-4-13-24-19/h3-15H,16H2,1-2H3,(H,25,26)/b12-10+. The summed E-state index contributed by atoms with van der Waals surface area (Å²) in [6, 6.07) is 18.3. The quantitative estimate of drug-likeness (QED) is 0.580. The van der Waals surface area contributed by atoms with Gasteiger partial charge in [0.2, 0.25) is 5.91 Å². The average Bonchev–Trinajstić information content (AvgIpc) is 2.77. The highest BCUT2D eigenvalue weighted by Gasteiger charge is 2.04. The highest BCUT2D eigenvalue weighted by atomic mass is 16.5. The van der Waals surface area contributed by atoms with E-state index in [9.17, 15) is 4.79 Å². The van der Waals surface area contributed by atoms with E-state index in [1.165, 1.54) is 6.08 Å². The highest BCUT2D eigenvalue weighted by Crippen LogP contribution is 2.28. The van der Waals surface area contributed by atoms with Crippen molar-refractivity contribution in [3.8, 4) is 17.2 Å². The van der Waals surface area contributed by atoms with Gasteiger partial charge in [-0.1, -0.05) is 18.2 Å². The summed E-state index contributed by atoms with van der Waals surface area (Å²) >= 11 is 0. The van der Waals surface area contributed by atoms with Gasteiger partial charge in [-0.15, -0.1) is 0 Å². The molecule has 1 N–H and O–H groups in total. The molecule has 1 heterocycles. The van der Waals surface area contributed by atoms with Crippen molar-refractivity contribution in [1.82, 2.24) is 4.98 Å². The summed E-state index contributed by atoms with van der Waals surface area (Å²) in [4.78, 5) is 16.5. The predicted molar refractivity (Wildman–Crippen MR) is 112 cm³/mol. The number of nitrogens with one attached hydrogen (secondary N) is 1. The van der Waals surface area contributed by atoms with E-state index in [1.807, 2.05) is 36.4 Å². The molecule has 0 fully saturated rings. The fourth-order valence-corrected chi connectivity index (χ4v) is 2.62. The van der Waals surface area contributed by atoms with Gasteiger partial charge in [0.15, 0.2) is 11.5 Å². The molecule has 0 atom stereocenters. The molecular weight excluding hydrogens is 368 g/mol. The third-order valence-corrected chi connectivity index (χ3v) is 4.05. The van der Waals surface area contributed by atoms with Crippen molar-refractivity contribution in [3.63, 3.8) is 0 Å². The SMILES string of the molecule is COc1ccc(/C=C/C(=O)Nc2cccc(OCc3ccccn3)c2)cc1OC. The normalized spacial score (nSPS) is 10.6. The third-order valence-electron chi connectivity index (χ3n) is 4.05. The molecule has 2 aromatic carbocycles. The summed E-state index contributed by atoms with van der Waals surface area (Å²) in [6.45, 7) is 0.359. The second-order valence-electron chi connectivity index (χ2n) is 6.07. The Morgan fingerprint density at radius 1 is 1.00 bits per heavy atom. The Morgan fingerprint density at radius 2 is 1.86 bits per heavy atom. The van der Waals surface area contributed by atoms with Crippen molar-refractivity contribution < 1.29 is 19.0 Å². The summed E-state index contributed by atoms with van der Waals surface area (Å²) in [6.07, 6.45) is 4.89. The molecule has 3 rings (SSSR count). The van der Waals surface area contributed by atoms with Gasteiger partial charge in [-0.3, -0.25) is 9.78 Å². The van der Waals surface area contributed by atoms with Gasteiger partial charge in [0.1, 0.15) is 12.4 Å². The first-order valence-corrected chi connectivity index (χ1v) is 9.02. The maximum Gasteiger partial charge on any atom is 0.248 e. The van der Waals surface area contributed by atoms with Crippen molar-refractivity contribution in [3.05, 3.63) is 84.2 Å². The number of hydrogen-bond acceptors (Lipinski definition) is 5. The lowest BCUT2D eigenvalue weighted by Gasteiger charge is -2.08. The molecule has 6 nitrogen and oxygen atoms in total. The number of rotatable bonds is 8. The largest absolute Gasteiger partial charge is 0.493 e. The van der Waals surface area contributed by atoms with Crippen LogP contribution in [-0.2, 0) is 11.4 Å². The maximum absolute atomic E-state index is 12.2. The van der Waals surface area contributed by atoms with E-state index >= 15 is 0 Å². The van der Waals surface area contributed by atoms with Crippen LogP contribution in [-0.4, -0.2) is 25.1 Å². The molecule has 1 aromatic heterocycles. The molecule has 6 heteroatoms. The molecule has 0 unspecified atom stereocenters. The van der Waals surface area contributed by atoms with E-state index in [4.69, 9.17) is 14.2 Å². The van der Waals surface area contributed by atoms with Crippen molar-refractivity contribution in [2.45, 2.75) is 6.61 Å². The lowest BCUT2D eigenvalue weighted by atomic mass is 10.2. The van der Waals surface area contributed by atoms with Crippen molar-refractivity contribution in [2.75, 3.05) is 19.5 Å². The minimum atomic E-state index is -0.248. The highest BCUT2D eigenvalue weighted by molar-refractivity contribution is 6.02. The van der Waals surface area contributed by atoms with E-state index in [2.05, 4.69) is 10.3 Å². The minimum Gasteiger partial charge on any atom is -0.493 e. The number of pyridine rings is 1. The van der Waals surface area contributed by atoms with Gasteiger partial charge in [0.25, 0.3) is 0 Å². The molecule has 0 aliphatic heterocycles. The summed E-state index contributed by atoms with van der Waals surface area (Å²) in [5, 5.41) is 2.82. The van der Waals surface area contributed by atoms with Crippen LogP contribution in [0.25, 0.3) is 6.08 Å². The molecule has 29 heavy (non-hydrogen) atoms. The van der Waals surface area contributed by atoms with Gasteiger partial charge in [-0.05, 0) is 48.0 Å². The predicted octanol–water partition coefficient (Wildman–Crippen LogP) is 4.33. The van der Waals surface area contributed by atoms with Crippen LogP contribution in [0, 0.1) is 0 Å². The van der Waals surface area contributed by atoms with Gasteiger partial charge < -0.3 is 19.5 Å². The Morgan fingerprint density at radius 3 is 2.62 bits per heavy atom. The van der Waals surface area contributed by atoms with Crippen LogP contribution < -0.4 is 19.5 Å². The lowest BCUT2D eigenvalue weighted by Crippen LogP contribution is -2.08. The zero-order valence-electron chi connectivity index (χ0n) is 16.3. The van der Waals surface area contributed by atoms with Crippen LogP contribution in [0.4, 0.5) is 5.69 Å². The van der Waals surface area contributed by atoms with E-state index in [-0.39, 0.29) is 5.91 Å². The number of methoxy groups -OCH3 is 2. The Balaban J connectivity index is 1.59. The summed E-state index contributed by atoms with van der Waals surface area (Å²) in [7, 11) is 3.15. The van der Waals surface area contributed by atoms with E-state index < -0.39 is 0 Å². The monoisotopic (exact) mass is 390 g/mol. The molecule has 0 saturated carbocycles. The van der Waals surface area contributed by atoms with Gasteiger partial charge >= 0.3 is 0 Å². The zero-order chi connectivity index (χ0) is 20.5. The second-order valence-corrected chi connectivity index (χ2v) is 6.07. The number of aromatic nitrogens is 1. The third kappa shape index (κ3) is 5.84. The molecule has 0 aliphatic rings. The summed E-state index contributed by atoms with van der Waals surface area (Å²) < 4.78 is 16.2. The number of benzene rings is 2. The van der Waals surface area contributed by atoms with Crippen LogP contribution in [0.15, 0.2) is 72.9 Å². The van der Waals surface area contributed by atoms with Crippen LogP contribution >= 0.6 is 0 Å². The molecule has 0 spiro atoms. The molecule has 0 saturated heterocycles. The smallest absolute Gasteiger partial charge is 0.248 e. The van der Waals surface area contributed by atoms with Crippen molar-refractivity contribution >= 4 is 17.7 Å². The summed E-state index contributed by atoms with van der Waals surface area (Å²) in [5.74, 6) is 1.64. The van der Waals surface area contributed by atoms with Gasteiger partial charge in [-0.2, -0.15) is 0 Å². The molecular formula is C23H22N2O4. The fourth-order valence-electron chi connectivity index (χ4n) is 2.62.